The van der Waals surface area contributed by atoms with Gasteiger partial charge in [-0.3, -0.25) is 4.90 Å². The number of piperidine rings is 1. The molecule has 4 rings (SSSR count). The SMILES string of the molecule is NCc1cn(C2CCN(Cc3ccc(C4CCCCO4)o3)CC2)nn1. The first kappa shape index (κ1) is 16.8. The zero-order chi connectivity index (χ0) is 17.1. The third-order valence-electron chi connectivity index (χ3n) is 5.26. The summed E-state index contributed by atoms with van der Waals surface area (Å²) in [6, 6.07) is 4.61. The Labute approximate surface area is 148 Å². The molecule has 0 aromatic carbocycles. The van der Waals surface area contributed by atoms with Gasteiger partial charge in [-0.1, -0.05) is 5.21 Å². The number of hydrogen-bond donors (Lipinski definition) is 1. The quantitative estimate of drug-likeness (QED) is 0.896. The van der Waals surface area contributed by atoms with Crippen LogP contribution in [0.5, 0.6) is 0 Å². The standard InChI is InChI=1S/C18H27N5O2/c19-11-14-12-23(21-20-14)15-6-8-22(9-7-15)13-16-4-5-18(25-16)17-3-1-2-10-24-17/h4-5,12,15,17H,1-3,6-11,13,19H2. The number of aromatic nitrogens is 3. The highest BCUT2D eigenvalue weighted by atomic mass is 16.5. The Morgan fingerprint density at radius 3 is 2.76 bits per heavy atom. The third kappa shape index (κ3) is 3.94. The highest BCUT2D eigenvalue weighted by molar-refractivity contribution is 5.10. The van der Waals surface area contributed by atoms with E-state index in [0.29, 0.717) is 12.6 Å². The Morgan fingerprint density at radius 2 is 2.04 bits per heavy atom. The van der Waals surface area contributed by atoms with Crippen molar-refractivity contribution in [3.8, 4) is 0 Å². The first-order chi connectivity index (χ1) is 12.3. The minimum absolute atomic E-state index is 0.150. The van der Waals surface area contributed by atoms with Gasteiger partial charge in [0, 0.05) is 26.2 Å². The van der Waals surface area contributed by atoms with Crippen molar-refractivity contribution in [1.29, 1.82) is 0 Å². The van der Waals surface area contributed by atoms with Gasteiger partial charge in [-0.25, -0.2) is 4.68 Å². The van der Waals surface area contributed by atoms with E-state index >= 15 is 0 Å². The Bertz CT molecular complexity index is 669. The summed E-state index contributed by atoms with van der Waals surface area (Å²) in [5.74, 6) is 2.02. The van der Waals surface area contributed by atoms with Crippen LogP contribution < -0.4 is 5.73 Å². The molecule has 0 radical (unpaired) electrons. The van der Waals surface area contributed by atoms with Crippen LogP contribution in [0.3, 0.4) is 0 Å². The Hall–Kier alpha value is -1.70. The van der Waals surface area contributed by atoms with Crippen molar-refractivity contribution < 1.29 is 9.15 Å². The van der Waals surface area contributed by atoms with Gasteiger partial charge >= 0.3 is 0 Å². The highest BCUT2D eigenvalue weighted by Crippen LogP contribution is 2.30. The van der Waals surface area contributed by atoms with Crippen LogP contribution in [0.1, 0.15) is 61.5 Å². The lowest BCUT2D eigenvalue weighted by atomic mass is 10.1. The smallest absolute Gasteiger partial charge is 0.133 e. The topological polar surface area (TPSA) is 82.3 Å². The van der Waals surface area contributed by atoms with Gasteiger partial charge in [-0.15, -0.1) is 5.10 Å². The summed E-state index contributed by atoms with van der Waals surface area (Å²) in [7, 11) is 0. The van der Waals surface area contributed by atoms with Crippen molar-refractivity contribution in [2.75, 3.05) is 19.7 Å². The molecule has 2 aromatic rings. The molecule has 136 valence electrons. The van der Waals surface area contributed by atoms with Gasteiger partial charge in [0.1, 0.15) is 17.6 Å². The predicted octanol–water partition coefficient (Wildman–Crippen LogP) is 2.41. The van der Waals surface area contributed by atoms with Crippen molar-refractivity contribution in [3.05, 3.63) is 35.5 Å². The van der Waals surface area contributed by atoms with Crippen molar-refractivity contribution in [1.82, 2.24) is 19.9 Å². The zero-order valence-corrected chi connectivity index (χ0v) is 14.6. The van der Waals surface area contributed by atoms with E-state index in [1.165, 1.54) is 6.42 Å². The third-order valence-corrected chi connectivity index (χ3v) is 5.26. The summed E-state index contributed by atoms with van der Waals surface area (Å²) in [5.41, 5.74) is 6.47. The molecule has 1 unspecified atom stereocenters. The molecule has 2 aromatic heterocycles. The summed E-state index contributed by atoms with van der Waals surface area (Å²) in [6.07, 6.45) is 7.74. The van der Waals surface area contributed by atoms with E-state index in [2.05, 4.69) is 27.3 Å². The number of nitrogens with zero attached hydrogens (tertiary/aromatic N) is 4. The van der Waals surface area contributed by atoms with Gasteiger partial charge in [0.05, 0.1) is 24.5 Å². The van der Waals surface area contributed by atoms with Gasteiger partial charge in [-0.2, -0.15) is 0 Å². The van der Waals surface area contributed by atoms with Gasteiger partial charge < -0.3 is 14.9 Å². The second kappa shape index (κ2) is 7.68. The molecule has 2 fully saturated rings. The second-order valence-electron chi connectivity index (χ2n) is 7.06. The molecule has 0 amide bonds. The minimum atomic E-state index is 0.150. The van der Waals surface area contributed by atoms with Crippen LogP contribution in [-0.4, -0.2) is 39.6 Å². The highest BCUT2D eigenvalue weighted by Gasteiger charge is 2.23. The average Bonchev–Trinajstić information content (AvgIpc) is 3.33. The largest absolute Gasteiger partial charge is 0.462 e. The summed E-state index contributed by atoms with van der Waals surface area (Å²) in [6.45, 7) is 4.24. The van der Waals surface area contributed by atoms with Crippen LogP contribution in [0.2, 0.25) is 0 Å². The molecular formula is C18H27N5O2. The fraction of sp³-hybridized carbons (Fsp3) is 0.667. The number of hydrogen-bond acceptors (Lipinski definition) is 6. The van der Waals surface area contributed by atoms with Gasteiger partial charge in [0.2, 0.25) is 0 Å². The van der Waals surface area contributed by atoms with E-state index in [1.807, 2.05) is 10.9 Å². The fourth-order valence-electron chi connectivity index (χ4n) is 3.77. The maximum atomic E-state index is 6.05. The summed E-state index contributed by atoms with van der Waals surface area (Å²) < 4.78 is 13.8. The molecule has 2 aliphatic rings. The maximum Gasteiger partial charge on any atom is 0.133 e. The molecule has 0 saturated carbocycles. The molecule has 0 bridgehead atoms. The van der Waals surface area contributed by atoms with Crippen LogP contribution in [0, 0.1) is 0 Å². The van der Waals surface area contributed by atoms with Crippen LogP contribution in [0.15, 0.2) is 22.7 Å². The van der Waals surface area contributed by atoms with Crippen molar-refractivity contribution in [3.63, 3.8) is 0 Å². The van der Waals surface area contributed by atoms with E-state index in [9.17, 15) is 0 Å². The molecule has 4 heterocycles. The molecule has 2 N–H and O–H groups in total. The Kier molecular flexibility index (Phi) is 5.14. The van der Waals surface area contributed by atoms with Gasteiger partial charge in [-0.05, 0) is 44.2 Å². The first-order valence-corrected chi connectivity index (χ1v) is 9.35. The van der Waals surface area contributed by atoms with E-state index < -0.39 is 0 Å². The Morgan fingerprint density at radius 1 is 1.16 bits per heavy atom. The summed E-state index contributed by atoms with van der Waals surface area (Å²) >= 11 is 0. The van der Waals surface area contributed by atoms with Crippen molar-refractivity contribution in [2.24, 2.45) is 5.73 Å². The molecule has 7 heteroatoms. The second-order valence-corrected chi connectivity index (χ2v) is 7.06. The van der Waals surface area contributed by atoms with E-state index in [1.54, 1.807) is 0 Å². The van der Waals surface area contributed by atoms with Crippen LogP contribution in [0.25, 0.3) is 0 Å². The molecule has 0 spiro atoms. The van der Waals surface area contributed by atoms with Crippen LogP contribution >= 0.6 is 0 Å². The van der Waals surface area contributed by atoms with Crippen molar-refractivity contribution in [2.45, 2.75) is 57.3 Å². The minimum Gasteiger partial charge on any atom is -0.462 e. The molecule has 0 aliphatic carbocycles. The van der Waals surface area contributed by atoms with Gasteiger partial charge in [0.15, 0.2) is 0 Å². The number of likely N-dealkylation sites (tertiary alicyclic amines) is 1. The monoisotopic (exact) mass is 345 g/mol. The molecule has 2 saturated heterocycles. The Balaban J connectivity index is 1.29. The fourth-order valence-corrected chi connectivity index (χ4v) is 3.77. The summed E-state index contributed by atoms with van der Waals surface area (Å²) in [4.78, 5) is 2.45. The number of ether oxygens (including phenoxy) is 1. The number of furan rings is 1. The zero-order valence-electron chi connectivity index (χ0n) is 14.6. The van der Waals surface area contributed by atoms with E-state index in [0.717, 1.165) is 69.1 Å². The average molecular weight is 345 g/mol. The van der Waals surface area contributed by atoms with E-state index in [-0.39, 0.29) is 6.10 Å². The summed E-state index contributed by atoms with van der Waals surface area (Å²) in [5, 5.41) is 8.30. The molecule has 7 nitrogen and oxygen atoms in total. The van der Waals surface area contributed by atoms with Crippen LogP contribution in [-0.2, 0) is 17.8 Å². The lowest BCUT2D eigenvalue weighted by molar-refractivity contribution is 0.000727. The molecule has 1 atom stereocenters. The maximum absolute atomic E-state index is 6.05. The lowest BCUT2D eigenvalue weighted by Crippen LogP contribution is -2.34. The molecule has 25 heavy (non-hydrogen) atoms. The lowest BCUT2D eigenvalue weighted by Gasteiger charge is -2.31. The number of rotatable bonds is 5. The molecule has 2 aliphatic heterocycles. The predicted molar refractivity (Wildman–Crippen MR) is 92.7 cm³/mol. The number of nitrogens with two attached hydrogens (primary N) is 1. The molecular weight excluding hydrogens is 318 g/mol. The van der Waals surface area contributed by atoms with Gasteiger partial charge in [0.25, 0.3) is 0 Å². The van der Waals surface area contributed by atoms with Crippen LogP contribution in [0.4, 0.5) is 0 Å². The van der Waals surface area contributed by atoms with Crippen molar-refractivity contribution >= 4 is 0 Å². The normalized spacial score (nSPS) is 23.2. The van der Waals surface area contributed by atoms with E-state index in [4.69, 9.17) is 14.9 Å². The first-order valence-electron chi connectivity index (χ1n) is 9.35.